The predicted molar refractivity (Wildman–Crippen MR) is 48.2 cm³/mol. The average molecular weight is 193 g/mol. The van der Waals surface area contributed by atoms with Gasteiger partial charge in [0.1, 0.15) is 0 Å². The second-order valence-electron chi connectivity index (χ2n) is 2.91. The first-order valence-electron chi connectivity index (χ1n) is 4.32. The molecular weight excluding hydrogens is 182 g/mol. The summed E-state index contributed by atoms with van der Waals surface area (Å²) >= 11 is 0. The largest absolute Gasteiger partial charge is 0.347 e. The summed E-state index contributed by atoms with van der Waals surface area (Å²) in [5, 5.41) is 6.92. The molecule has 2 aromatic rings. The molecular formula is C8H11N5O. The number of H-pyrrole nitrogens is 1. The van der Waals surface area contributed by atoms with E-state index in [-0.39, 0.29) is 0 Å². The molecule has 74 valence electrons. The minimum absolute atomic E-state index is 0.586. The summed E-state index contributed by atoms with van der Waals surface area (Å²) in [6, 6.07) is 0. The monoisotopic (exact) mass is 193 g/mol. The first kappa shape index (κ1) is 8.89. The Morgan fingerprint density at radius 1 is 1.50 bits per heavy atom. The number of hydrogen-bond acceptors (Lipinski definition) is 5. The fourth-order valence-corrected chi connectivity index (χ4v) is 1.10. The standard InChI is InChI=1S/C8H11N5O/c1-6-12-8(13-14-6)4-9-2-7-3-10-5-11-7/h3,5,9H,2,4H2,1H3,(H,10,11). The fourth-order valence-electron chi connectivity index (χ4n) is 1.10. The molecule has 6 nitrogen and oxygen atoms in total. The number of aryl methyl sites for hydroxylation is 1. The van der Waals surface area contributed by atoms with Crippen LogP contribution in [0, 0.1) is 6.92 Å². The Balaban J connectivity index is 1.78. The van der Waals surface area contributed by atoms with Gasteiger partial charge in [0.2, 0.25) is 5.89 Å². The third-order valence-corrected chi connectivity index (χ3v) is 1.72. The molecule has 0 saturated heterocycles. The molecule has 0 saturated carbocycles. The van der Waals surface area contributed by atoms with Crippen LogP contribution in [0.15, 0.2) is 17.0 Å². The van der Waals surface area contributed by atoms with Crippen molar-refractivity contribution in [3.63, 3.8) is 0 Å². The molecule has 0 spiro atoms. The number of aromatic amines is 1. The van der Waals surface area contributed by atoms with Gasteiger partial charge in [-0.15, -0.1) is 0 Å². The minimum atomic E-state index is 0.586. The van der Waals surface area contributed by atoms with E-state index in [0.29, 0.717) is 24.8 Å². The van der Waals surface area contributed by atoms with E-state index in [1.165, 1.54) is 0 Å². The summed E-state index contributed by atoms with van der Waals surface area (Å²) in [6.45, 7) is 3.08. The highest BCUT2D eigenvalue weighted by Crippen LogP contribution is 1.95. The van der Waals surface area contributed by atoms with Gasteiger partial charge in [0, 0.05) is 25.4 Å². The number of hydrogen-bond donors (Lipinski definition) is 2. The van der Waals surface area contributed by atoms with Crippen molar-refractivity contribution in [3.8, 4) is 0 Å². The minimum Gasteiger partial charge on any atom is -0.347 e. The maximum atomic E-state index is 4.83. The van der Waals surface area contributed by atoms with Crippen molar-refractivity contribution in [3.05, 3.63) is 29.9 Å². The Bertz CT molecular complexity index is 380. The van der Waals surface area contributed by atoms with Crippen molar-refractivity contribution in [1.82, 2.24) is 25.4 Å². The van der Waals surface area contributed by atoms with E-state index >= 15 is 0 Å². The lowest BCUT2D eigenvalue weighted by molar-refractivity contribution is 0.385. The molecule has 0 aliphatic heterocycles. The summed E-state index contributed by atoms with van der Waals surface area (Å²) in [7, 11) is 0. The zero-order valence-electron chi connectivity index (χ0n) is 7.82. The van der Waals surface area contributed by atoms with E-state index in [2.05, 4.69) is 25.4 Å². The number of nitrogens with one attached hydrogen (secondary N) is 2. The summed E-state index contributed by atoms with van der Waals surface area (Å²) in [5.41, 5.74) is 1.03. The van der Waals surface area contributed by atoms with Gasteiger partial charge in [-0.25, -0.2) is 4.98 Å². The highest BCUT2D eigenvalue weighted by molar-refractivity contribution is 4.93. The summed E-state index contributed by atoms with van der Waals surface area (Å²) < 4.78 is 4.83. The molecule has 6 heteroatoms. The highest BCUT2D eigenvalue weighted by Gasteiger charge is 2.01. The third-order valence-electron chi connectivity index (χ3n) is 1.72. The van der Waals surface area contributed by atoms with Crippen LogP contribution in [0.1, 0.15) is 17.4 Å². The molecule has 2 rings (SSSR count). The zero-order valence-corrected chi connectivity index (χ0v) is 7.82. The molecule has 14 heavy (non-hydrogen) atoms. The van der Waals surface area contributed by atoms with Crippen molar-refractivity contribution < 1.29 is 4.52 Å². The molecule has 0 aliphatic carbocycles. The lowest BCUT2D eigenvalue weighted by atomic mass is 10.4. The van der Waals surface area contributed by atoms with Crippen molar-refractivity contribution >= 4 is 0 Å². The van der Waals surface area contributed by atoms with Gasteiger partial charge in [0.15, 0.2) is 5.82 Å². The lowest BCUT2D eigenvalue weighted by Gasteiger charge is -1.97. The topological polar surface area (TPSA) is 79.6 Å². The Hall–Kier alpha value is -1.69. The molecule has 0 atom stereocenters. The van der Waals surface area contributed by atoms with Crippen LogP contribution in [0.3, 0.4) is 0 Å². The maximum Gasteiger partial charge on any atom is 0.223 e. The van der Waals surface area contributed by atoms with E-state index in [9.17, 15) is 0 Å². The van der Waals surface area contributed by atoms with Crippen LogP contribution in [0.4, 0.5) is 0 Å². The smallest absolute Gasteiger partial charge is 0.223 e. The number of imidazole rings is 1. The highest BCUT2D eigenvalue weighted by atomic mass is 16.5. The number of aromatic nitrogens is 4. The number of nitrogens with zero attached hydrogens (tertiary/aromatic N) is 3. The van der Waals surface area contributed by atoms with E-state index in [4.69, 9.17) is 4.52 Å². The van der Waals surface area contributed by atoms with Crippen molar-refractivity contribution in [2.75, 3.05) is 0 Å². The second kappa shape index (κ2) is 4.01. The molecule has 0 aromatic carbocycles. The van der Waals surface area contributed by atoms with Crippen LogP contribution >= 0.6 is 0 Å². The first-order chi connectivity index (χ1) is 6.84. The van der Waals surface area contributed by atoms with Gasteiger partial charge in [-0.2, -0.15) is 4.98 Å². The van der Waals surface area contributed by atoms with E-state index in [1.807, 2.05) is 0 Å². The second-order valence-corrected chi connectivity index (χ2v) is 2.91. The molecule has 0 fully saturated rings. The van der Waals surface area contributed by atoms with Crippen LogP contribution < -0.4 is 5.32 Å². The van der Waals surface area contributed by atoms with Crippen LogP contribution in [-0.2, 0) is 13.1 Å². The van der Waals surface area contributed by atoms with E-state index in [0.717, 1.165) is 5.69 Å². The van der Waals surface area contributed by atoms with Gasteiger partial charge in [0.05, 0.1) is 12.9 Å². The summed E-state index contributed by atoms with van der Waals surface area (Å²) in [5.74, 6) is 1.25. The quantitative estimate of drug-likeness (QED) is 0.734. The van der Waals surface area contributed by atoms with Crippen LogP contribution in [0.25, 0.3) is 0 Å². The Kier molecular flexibility index (Phi) is 2.55. The van der Waals surface area contributed by atoms with Crippen molar-refractivity contribution in [2.45, 2.75) is 20.0 Å². The summed E-state index contributed by atoms with van der Waals surface area (Å²) in [4.78, 5) is 11.0. The molecule has 2 aromatic heterocycles. The third kappa shape index (κ3) is 2.17. The zero-order chi connectivity index (χ0) is 9.80. The van der Waals surface area contributed by atoms with Gasteiger partial charge < -0.3 is 14.8 Å². The Morgan fingerprint density at radius 3 is 3.07 bits per heavy atom. The van der Waals surface area contributed by atoms with Gasteiger partial charge >= 0.3 is 0 Å². The van der Waals surface area contributed by atoms with Gasteiger partial charge in [-0.3, -0.25) is 0 Å². The lowest BCUT2D eigenvalue weighted by Crippen LogP contribution is -2.13. The van der Waals surface area contributed by atoms with Gasteiger partial charge in [-0.1, -0.05) is 5.16 Å². The molecule has 0 bridgehead atoms. The van der Waals surface area contributed by atoms with Gasteiger partial charge in [-0.05, 0) is 0 Å². The molecule has 0 amide bonds. The first-order valence-corrected chi connectivity index (χ1v) is 4.32. The molecule has 2 N–H and O–H groups in total. The molecule has 0 aliphatic rings. The predicted octanol–water partition coefficient (Wildman–Crippen LogP) is 0.391. The Morgan fingerprint density at radius 2 is 2.43 bits per heavy atom. The average Bonchev–Trinajstić information content (AvgIpc) is 2.77. The van der Waals surface area contributed by atoms with Crippen LogP contribution in [-0.4, -0.2) is 20.1 Å². The number of rotatable bonds is 4. The van der Waals surface area contributed by atoms with Crippen molar-refractivity contribution in [1.29, 1.82) is 0 Å². The van der Waals surface area contributed by atoms with E-state index in [1.54, 1.807) is 19.4 Å². The fraction of sp³-hybridized carbons (Fsp3) is 0.375. The normalized spacial score (nSPS) is 10.6. The SMILES string of the molecule is Cc1nc(CNCc2cnc[nH]2)no1. The molecule has 0 radical (unpaired) electrons. The summed E-state index contributed by atoms with van der Waals surface area (Å²) in [6.07, 6.45) is 3.42. The maximum absolute atomic E-state index is 4.83. The molecule has 2 heterocycles. The van der Waals surface area contributed by atoms with Crippen molar-refractivity contribution in [2.24, 2.45) is 0 Å². The molecule has 0 unspecified atom stereocenters. The Labute approximate surface area is 80.7 Å². The van der Waals surface area contributed by atoms with E-state index < -0.39 is 0 Å². The van der Waals surface area contributed by atoms with Crippen LogP contribution in [0.5, 0.6) is 0 Å². The van der Waals surface area contributed by atoms with Crippen LogP contribution in [0.2, 0.25) is 0 Å². The van der Waals surface area contributed by atoms with Gasteiger partial charge in [0.25, 0.3) is 0 Å².